The van der Waals surface area contributed by atoms with Gasteiger partial charge >= 0.3 is 0 Å². The first-order valence-corrected chi connectivity index (χ1v) is 7.58. The molecule has 0 unspecified atom stereocenters. The van der Waals surface area contributed by atoms with Gasteiger partial charge in [-0.1, -0.05) is 32.4 Å². The molecule has 0 saturated carbocycles. The Balaban J connectivity index is 2.61. The van der Waals surface area contributed by atoms with E-state index in [1.807, 2.05) is 6.07 Å². The van der Waals surface area contributed by atoms with Gasteiger partial charge in [0.15, 0.2) is 5.82 Å². The Hall–Kier alpha value is -0.450. The van der Waals surface area contributed by atoms with E-state index in [1.54, 1.807) is 11.3 Å². The Morgan fingerprint density at radius 3 is 2.39 bits per heavy atom. The van der Waals surface area contributed by atoms with E-state index in [-0.39, 0.29) is 5.41 Å². The highest BCUT2D eigenvalue weighted by molar-refractivity contribution is 9.10. The molecule has 0 aliphatic carbocycles. The van der Waals surface area contributed by atoms with Crippen LogP contribution in [0.15, 0.2) is 16.6 Å². The third kappa shape index (κ3) is 2.76. The van der Waals surface area contributed by atoms with Gasteiger partial charge in [0.05, 0.1) is 15.0 Å². The number of aromatic nitrogens is 2. The van der Waals surface area contributed by atoms with Gasteiger partial charge in [-0.2, -0.15) is 0 Å². The summed E-state index contributed by atoms with van der Waals surface area (Å²) in [6.45, 7) is 8.40. The van der Waals surface area contributed by atoms with E-state index in [0.717, 1.165) is 15.0 Å². The molecule has 2 heterocycles. The van der Waals surface area contributed by atoms with Gasteiger partial charge in [0.1, 0.15) is 5.15 Å². The molecule has 0 aliphatic heterocycles. The van der Waals surface area contributed by atoms with Gasteiger partial charge in [-0.25, -0.2) is 9.97 Å². The molecule has 0 fully saturated rings. The normalized spacial score (nSPS) is 11.9. The SMILES string of the molecule is Cc1ccc(-c2nc(Cl)c(Br)c(C(C)(C)C)n2)s1. The maximum Gasteiger partial charge on any atom is 0.171 e. The third-order valence-electron chi connectivity index (χ3n) is 2.48. The lowest BCUT2D eigenvalue weighted by Gasteiger charge is -2.20. The summed E-state index contributed by atoms with van der Waals surface area (Å²) in [4.78, 5) is 11.3. The number of thiophene rings is 1. The molecule has 0 N–H and O–H groups in total. The van der Waals surface area contributed by atoms with Crippen molar-refractivity contribution < 1.29 is 0 Å². The van der Waals surface area contributed by atoms with Gasteiger partial charge in [-0.3, -0.25) is 0 Å². The average Bonchev–Trinajstić information content (AvgIpc) is 2.67. The summed E-state index contributed by atoms with van der Waals surface area (Å²) >= 11 is 11.3. The van der Waals surface area contributed by atoms with Crippen LogP contribution >= 0.6 is 38.9 Å². The van der Waals surface area contributed by atoms with Gasteiger partial charge in [-0.05, 0) is 35.0 Å². The lowest BCUT2D eigenvalue weighted by Crippen LogP contribution is -2.15. The van der Waals surface area contributed by atoms with Crippen molar-refractivity contribution >= 4 is 38.9 Å². The number of nitrogens with zero attached hydrogens (tertiary/aromatic N) is 2. The number of halogens is 2. The van der Waals surface area contributed by atoms with Crippen LogP contribution in [0.2, 0.25) is 5.15 Å². The molecule has 0 amide bonds. The van der Waals surface area contributed by atoms with Gasteiger partial charge in [-0.15, -0.1) is 11.3 Å². The molecule has 18 heavy (non-hydrogen) atoms. The molecule has 2 nitrogen and oxygen atoms in total. The lowest BCUT2D eigenvalue weighted by molar-refractivity contribution is 0.564. The lowest BCUT2D eigenvalue weighted by atomic mass is 9.92. The smallest absolute Gasteiger partial charge is 0.171 e. The standard InChI is InChI=1S/C13H14BrClN2S/c1-7-5-6-8(18-7)12-16-10(13(2,3)4)9(14)11(15)17-12/h5-6H,1-4H3. The van der Waals surface area contributed by atoms with Crippen molar-refractivity contribution in [3.05, 3.63) is 32.3 Å². The van der Waals surface area contributed by atoms with Crippen molar-refractivity contribution in [1.82, 2.24) is 9.97 Å². The molecule has 0 aliphatic rings. The molecular formula is C13H14BrClN2S. The highest BCUT2D eigenvalue weighted by Gasteiger charge is 2.23. The maximum absolute atomic E-state index is 6.19. The van der Waals surface area contributed by atoms with E-state index in [2.05, 4.69) is 59.7 Å². The highest BCUT2D eigenvalue weighted by Crippen LogP contribution is 2.35. The predicted molar refractivity (Wildman–Crippen MR) is 81.5 cm³/mol. The van der Waals surface area contributed by atoms with Crippen molar-refractivity contribution in [2.45, 2.75) is 33.1 Å². The van der Waals surface area contributed by atoms with Crippen LogP contribution in [0.3, 0.4) is 0 Å². The Kier molecular flexibility index (Phi) is 3.81. The topological polar surface area (TPSA) is 25.8 Å². The molecule has 0 radical (unpaired) electrons. The molecule has 0 atom stereocenters. The molecule has 0 spiro atoms. The van der Waals surface area contributed by atoms with Crippen LogP contribution in [0.4, 0.5) is 0 Å². The molecule has 96 valence electrons. The second kappa shape index (κ2) is 4.91. The van der Waals surface area contributed by atoms with E-state index in [1.165, 1.54) is 4.88 Å². The van der Waals surface area contributed by atoms with Crippen LogP contribution in [0, 0.1) is 6.92 Å². The van der Waals surface area contributed by atoms with Gasteiger partial charge in [0.2, 0.25) is 0 Å². The van der Waals surface area contributed by atoms with Gasteiger partial charge in [0, 0.05) is 10.3 Å². The van der Waals surface area contributed by atoms with E-state index in [9.17, 15) is 0 Å². The van der Waals surface area contributed by atoms with Gasteiger partial charge < -0.3 is 0 Å². The quantitative estimate of drug-likeness (QED) is 0.662. The largest absolute Gasteiger partial charge is 0.231 e. The summed E-state index contributed by atoms with van der Waals surface area (Å²) < 4.78 is 0.786. The van der Waals surface area contributed by atoms with E-state index in [0.29, 0.717) is 11.0 Å². The fourth-order valence-corrected chi connectivity index (χ4v) is 3.32. The summed E-state index contributed by atoms with van der Waals surface area (Å²) in [6.07, 6.45) is 0. The molecule has 0 aromatic carbocycles. The summed E-state index contributed by atoms with van der Waals surface area (Å²) in [5.41, 5.74) is 0.857. The van der Waals surface area contributed by atoms with Crippen molar-refractivity contribution in [2.24, 2.45) is 0 Å². The number of rotatable bonds is 1. The van der Waals surface area contributed by atoms with Crippen LogP contribution in [0.5, 0.6) is 0 Å². The molecule has 0 bridgehead atoms. The van der Waals surface area contributed by atoms with E-state index in [4.69, 9.17) is 11.6 Å². The Labute approximate surface area is 125 Å². The Morgan fingerprint density at radius 1 is 1.22 bits per heavy atom. The summed E-state index contributed by atoms with van der Waals surface area (Å²) in [6, 6.07) is 4.10. The zero-order valence-electron chi connectivity index (χ0n) is 10.7. The molecule has 2 rings (SSSR count). The fraction of sp³-hybridized carbons (Fsp3) is 0.385. The minimum atomic E-state index is -0.0769. The van der Waals surface area contributed by atoms with Crippen LogP contribution in [-0.4, -0.2) is 9.97 Å². The summed E-state index contributed by atoms with van der Waals surface area (Å²) in [5, 5.41) is 0.468. The van der Waals surface area contributed by atoms with E-state index >= 15 is 0 Å². The van der Waals surface area contributed by atoms with Crippen LogP contribution in [0.25, 0.3) is 10.7 Å². The molecule has 2 aromatic heterocycles. The van der Waals surface area contributed by atoms with Crippen molar-refractivity contribution in [3.63, 3.8) is 0 Å². The average molecular weight is 346 g/mol. The molecule has 5 heteroatoms. The second-order valence-corrected chi connectivity index (χ2v) is 7.60. The van der Waals surface area contributed by atoms with Crippen LogP contribution < -0.4 is 0 Å². The maximum atomic E-state index is 6.19. The molecule has 2 aromatic rings. The van der Waals surface area contributed by atoms with Gasteiger partial charge in [0.25, 0.3) is 0 Å². The van der Waals surface area contributed by atoms with Crippen LogP contribution in [0.1, 0.15) is 31.3 Å². The van der Waals surface area contributed by atoms with Crippen molar-refractivity contribution in [3.8, 4) is 10.7 Å². The first-order valence-electron chi connectivity index (χ1n) is 5.59. The minimum absolute atomic E-state index is 0.0769. The number of hydrogen-bond acceptors (Lipinski definition) is 3. The minimum Gasteiger partial charge on any atom is -0.231 e. The second-order valence-electron chi connectivity index (χ2n) is 5.16. The summed E-state index contributed by atoms with van der Waals surface area (Å²) in [5.74, 6) is 0.700. The third-order valence-corrected chi connectivity index (χ3v) is 4.73. The predicted octanol–water partition coefficient (Wildman–Crippen LogP) is 5.23. The van der Waals surface area contributed by atoms with Crippen molar-refractivity contribution in [1.29, 1.82) is 0 Å². The fourth-order valence-electron chi connectivity index (χ4n) is 1.58. The Bertz CT molecular complexity index is 587. The Morgan fingerprint density at radius 2 is 1.89 bits per heavy atom. The van der Waals surface area contributed by atoms with E-state index < -0.39 is 0 Å². The van der Waals surface area contributed by atoms with Crippen LogP contribution in [-0.2, 0) is 5.41 Å². The first kappa shape index (κ1) is 14.0. The molecular weight excluding hydrogens is 332 g/mol. The molecule has 0 saturated heterocycles. The zero-order chi connectivity index (χ0) is 13.5. The first-order chi connectivity index (χ1) is 8.29. The number of hydrogen-bond donors (Lipinski definition) is 0. The number of aryl methyl sites for hydroxylation is 1. The van der Waals surface area contributed by atoms with Crippen molar-refractivity contribution in [2.75, 3.05) is 0 Å². The summed E-state index contributed by atoms with van der Waals surface area (Å²) in [7, 11) is 0. The highest BCUT2D eigenvalue weighted by atomic mass is 79.9. The monoisotopic (exact) mass is 344 g/mol. The zero-order valence-corrected chi connectivity index (χ0v) is 13.9.